The Kier molecular flexibility index (Phi) is 5.88. The van der Waals surface area contributed by atoms with Gasteiger partial charge in [-0.15, -0.1) is 0 Å². The first-order valence-corrected chi connectivity index (χ1v) is 10.1. The highest BCUT2D eigenvalue weighted by molar-refractivity contribution is 9.10. The van der Waals surface area contributed by atoms with Gasteiger partial charge >= 0.3 is 12.2 Å². The van der Waals surface area contributed by atoms with Crippen LogP contribution in [0.3, 0.4) is 0 Å². The van der Waals surface area contributed by atoms with Gasteiger partial charge in [-0.25, -0.2) is 4.98 Å². The number of hydrogen-bond acceptors (Lipinski definition) is 5. The van der Waals surface area contributed by atoms with Crippen LogP contribution >= 0.6 is 15.9 Å². The lowest BCUT2D eigenvalue weighted by Crippen LogP contribution is -2.22. The van der Waals surface area contributed by atoms with Crippen molar-refractivity contribution in [2.75, 3.05) is 13.7 Å². The molecule has 0 aliphatic rings. The van der Waals surface area contributed by atoms with Gasteiger partial charge in [-0.05, 0) is 42.0 Å². The Bertz CT molecular complexity index is 1320. The average Bonchev–Trinajstić information content (AvgIpc) is 2.78. The molecule has 32 heavy (non-hydrogen) atoms. The molecule has 2 aromatic heterocycles. The molecular weight excluding hydrogens is 491 g/mol. The zero-order chi connectivity index (χ0) is 22.9. The number of pyridine rings is 1. The van der Waals surface area contributed by atoms with Gasteiger partial charge in [0.2, 0.25) is 0 Å². The Morgan fingerprint density at radius 1 is 1.06 bits per heavy atom. The number of aromatic nitrogens is 3. The SMILES string of the molecule is COc1ccc(-n2cc3cnc(OCC(F)(F)F)nc3c(-c3ccc(Br)cc3)c2=O)cc1. The van der Waals surface area contributed by atoms with Crippen LogP contribution in [0.1, 0.15) is 0 Å². The van der Waals surface area contributed by atoms with Crippen LogP contribution < -0.4 is 15.0 Å². The van der Waals surface area contributed by atoms with Crippen LogP contribution in [0.5, 0.6) is 11.8 Å². The summed E-state index contributed by atoms with van der Waals surface area (Å²) in [6, 6.07) is 13.4. The van der Waals surface area contributed by atoms with Gasteiger partial charge in [-0.3, -0.25) is 9.36 Å². The number of rotatable bonds is 5. The minimum atomic E-state index is -4.54. The second-order valence-electron chi connectivity index (χ2n) is 6.74. The van der Waals surface area contributed by atoms with E-state index in [1.54, 1.807) is 55.6 Å². The molecule has 0 aliphatic heterocycles. The van der Waals surface area contributed by atoms with Crippen LogP contribution in [-0.4, -0.2) is 34.4 Å². The normalized spacial score (nSPS) is 11.5. The van der Waals surface area contributed by atoms with Crippen LogP contribution in [0, 0.1) is 0 Å². The van der Waals surface area contributed by atoms with E-state index in [9.17, 15) is 18.0 Å². The fourth-order valence-electron chi connectivity index (χ4n) is 3.12. The number of benzene rings is 2. The second-order valence-corrected chi connectivity index (χ2v) is 7.66. The van der Waals surface area contributed by atoms with E-state index in [-0.39, 0.29) is 11.1 Å². The molecule has 0 saturated heterocycles. The van der Waals surface area contributed by atoms with Crippen molar-refractivity contribution in [3.8, 4) is 28.6 Å². The van der Waals surface area contributed by atoms with Crippen molar-refractivity contribution in [2.24, 2.45) is 0 Å². The Hall–Kier alpha value is -3.40. The summed E-state index contributed by atoms with van der Waals surface area (Å²) in [7, 11) is 1.54. The minimum Gasteiger partial charge on any atom is -0.497 e. The van der Waals surface area contributed by atoms with E-state index in [1.807, 2.05) is 0 Å². The van der Waals surface area contributed by atoms with Gasteiger partial charge in [0.25, 0.3) is 5.56 Å². The summed E-state index contributed by atoms with van der Waals surface area (Å²) in [5.41, 5.74) is 1.13. The highest BCUT2D eigenvalue weighted by Crippen LogP contribution is 2.28. The molecule has 0 spiro atoms. The Morgan fingerprint density at radius 3 is 2.38 bits per heavy atom. The molecule has 0 amide bonds. The summed E-state index contributed by atoms with van der Waals surface area (Å²) in [6.45, 7) is -1.53. The lowest BCUT2D eigenvalue weighted by molar-refractivity contribution is -0.154. The van der Waals surface area contributed by atoms with Gasteiger partial charge < -0.3 is 9.47 Å². The van der Waals surface area contributed by atoms with Crippen LogP contribution in [0.2, 0.25) is 0 Å². The van der Waals surface area contributed by atoms with Crippen molar-refractivity contribution in [3.63, 3.8) is 0 Å². The number of halogens is 4. The molecule has 0 aliphatic carbocycles. The maximum atomic E-state index is 13.5. The van der Waals surface area contributed by atoms with Gasteiger partial charge in [-0.2, -0.15) is 18.2 Å². The highest BCUT2D eigenvalue weighted by atomic mass is 79.9. The molecule has 4 rings (SSSR count). The maximum Gasteiger partial charge on any atom is 0.422 e. The Morgan fingerprint density at radius 2 is 1.75 bits per heavy atom. The monoisotopic (exact) mass is 505 g/mol. The lowest BCUT2D eigenvalue weighted by atomic mass is 10.0. The molecule has 4 aromatic rings. The molecule has 2 aromatic carbocycles. The predicted octanol–water partition coefficient (Wildman–Crippen LogP) is 5.16. The first-order valence-electron chi connectivity index (χ1n) is 9.27. The summed E-state index contributed by atoms with van der Waals surface area (Å²) in [5, 5.41) is 0.456. The number of alkyl halides is 3. The molecule has 0 saturated carbocycles. The maximum absolute atomic E-state index is 13.5. The number of nitrogens with zero attached hydrogens (tertiary/aromatic N) is 3. The van der Waals surface area contributed by atoms with Gasteiger partial charge in [0.15, 0.2) is 6.61 Å². The second kappa shape index (κ2) is 8.62. The van der Waals surface area contributed by atoms with Gasteiger partial charge in [0, 0.05) is 27.9 Å². The van der Waals surface area contributed by atoms with Crippen molar-refractivity contribution >= 4 is 26.8 Å². The summed E-state index contributed by atoms with van der Waals surface area (Å²) in [5.74, 6) is 0.630. The fourth-order valence-corrected chi connectivity index (χ4v) is 3.38. The zero-order valence-corrected chi connectivity index (χ0v) is 18.1. The van der Waals surface area contributed by atoms with Crippen molar-refractivity contribution in [1.29, 1.82) is 0 Å². The first-order chi connectivity index (χ1) is 15.2. The standard InChI is InChI=1S/C22H15BrF3N3O3/c1-31-17-8-6-16(7-9-17)29-11-14-10-27-21(32-12-22(24,25)26)28-19(14)18(20(29)30)13-2-4-15(23)5-3-13/h2-11H,12H2,1H3. The van der Waals surface area contributed by atoms with Crippen molar-refractivity contribution in [2.45, 2.75) is 6.18 Å². The topological polar surface area (TPSA) is 66.2 Å². The van der Waals surface area contributed by atoms with E-state index in [4.69, 9.17) is 9.47 Å². The van der Waals surface area contributed by atoms with Crippen molar-refractivity contribution in [1.82, 2.24) is 14.5 Å². The van der Waals surface area contributed by atoms with Crippen LogP contribution in [0.25, 0.3) is 27.7 Å². The van der Waals surface area contributed by atoms with Crippen molar-refractivity contribution in [3.05, 3.63) is 75.8 Å². The quantitative estimate of drug-likeness (QED) is 0.374. The largest absolute Gasteiger partial charge is 0.497 e. The van der Waals surface area contributed by atoms with Crippen LogP contribution in [-0.2, 0) is 0 Å². The van der Waals surface area contributed by atoms with Crippen LogP contribution in [0.15, 0.2) is 70.2 Å². The summed E-state index contributed by atoms with van der Waals surface area (Å²) in [4.78, 5) is 21.5. The molecule has 164 valence electrons. The van der Waals surface area contributed by atoms with E-state index in [0.29, 0.717) is 22.4 Å². The third kappa shape index (κ3) is 4.59. The van der Waals surface area contributed by atoms with Gasteiger partial charge in [0.1, 0.15) is 5.75 Å². The lowest BCUT2D eigenvalue weighted by Gasteiger charge is -2.13. The zero-order valence-electron chi connectivity index (χ0n) is 16.6. The molecule has 0 radical (unpaired) electrons. The molecule has 0 N–H and O–H groups in total. The summed E-state index contributed by atoms with van der Waals surface area (Å²) >= 11 is 3.35. The Balaban J connectivity index is 1.93. The summed E-state index contributed by atoms with van der Waals surface area (Å²) < 4.78 is 49.7. The predicted molar refractivity (Wildman–Crippen MR) is 116 cm³/mol. The number of fused-ring (bicyclic) bond motifs is 1. The van der Waals surface area contributed by atoms with E-state index >= 15 is 0 Å². The molecule has 6 nitrogen and oxygen atoms in total. The van der Waals surface area contributed by atoms with E-state index < -0.39 is 24.4 Å². The average molecular weight is 506 g/mol. The number of ether oxygens (including phenoxy) is 2. The van der Waals surface area contributed by atoms with E-state index in [1.165, 1.54) is 17.0 Å². The summed E-state index contributed by atoms with van der Waals surface area (Å²) in [6.07, 6.45) is -1.67. The third-order valence-electron chi connectivity index (χ3n) is 4.58. The molecule has 2 heterocycles. The molecule has 0 bridgehead atoms. The fraction of sp³-hybridized carbons (Fsp3) is 0.136. The van der Waals surface area contributed by atoms with Crippen molar-refractivity contribution < 1.29 is 22.6 Å². The Labute approximate surface area is 188 Å². The van der Waals surface area contributed by atoms with Crippen LogP contribution in [0.4, 0.5) is 13.2 Å². The molecule has 0 fully saturated rings. The first kappa shape index (κ1) is 21.8. The minimum absolute atomic E-state index is 0.189. The van der Waals surface area contributed by atoms with E-state index in [0.717, 1.165) is 4.47 Å². The number of methoxy groups -OCH3 is 1. The molecule has 10 heteroatoms. The highest BCUT2D eigenvalue weighted by Gasteiger charge is 2.29. The van der Waals surface area contributed by atoms with Gasteiger partial charge in [0.05, 0.1) is 18.2 Å². The molecular formula is C22H15BrF3N3O3. The van der Waals surface area contributed by atoms with Gasteiger partial charge in [-0.1, -0.05) is 28.1 Å². The molecule has 0 atom stereocenters. The van der Waals surface area contributed by atoms with E-state index in [2.05, 4.69) is 25.9 Å². The smallest absolute Gasteiger partial charge is 0.422 e. The number of hydrogen-bond donors (Lipinski definition) is 0. The molecule has 0 unspecified atom stereocenters. The third-order valence-corrected chi connectivity index (χ3v) is 5.11.